The summed E-state index contributed by atoms with van der Waals surface area (Å²) >= 11 is 0. The molecule has 4 nitrogen and oxygen atoms in total. The zero-order valence-electron chi connectivity index (χ0n) is 8.91. The molecule has 0 aliphatic rings. The molecule has 0 aliphatic heterocycles. The molecule has 0 spiro atoms. The molecule has 0 rings (SSSR count). The SMILES string of the molecule is CCS(=O)(=O)OCCC[N+](C)(C)C. The summed E-state index contributed by atoms with van der Waals surface area (Å²) in [6.45, 7) is 2.79. The molecule has 0 aromatic rings. The van der Waals surface area contributed by atoms with Gasteiger partial charge in [-0.2, -0.15) is 8.42 Å². The lowest BCUT2D eigenvalue weighted by Gasteiger charge is -2.23. The fraction of sp³-hybridized carbons (Fsp3) is 1.00. The molecule has 0 N–H and O–H groups in total. The van der Waals surface area contributed by atoms with Gasteiger partial charge in [0.05, 0.1) is 40.0 Å². The van der Waals surface area contributed by atoms with E-state index in [9.17, 15) is 8.42 Å². The first-order valence-electron chi connectivity index (χ1n) is 4.44. The molecule has 13 heavy (non-hydrogen) atoms. The van der Waals surface area contributed by atoms with E-state index >= 15 is 0 Å². The molecule has 0 bridgehead atoms. The van der Waals surface area contributed by atoms with Crippen LogP contribution in [-0.4, -0.2) is 52.9 Å². The highest BCUT2D eigenvalue weighted by molar-refractivity contribution is 7.86. The summed E-state index contributed by atoms with van der Waals surface area (Å²) < 4.78 is 27.4. The Bertz CT molecular complexity index is 228. The van der Waals surface area contributed by atoms with Gasteiger partial charge in [-0.3, -0.25) is 4.18 Å². The van der Waals surface area contributed by atoms with Gasteiger partial charge >= 0.3 is 0 Å². The second-order valence-corrected chi connectivity index (χ2v) is 5.96. The molecule has 0 aromatic heterocycles. The highest BCUT2D eigenvalue weighted by Crippen LogP contribution is 1.97. The van der Waals surface area contributed by atoms with Crippen LogP contribution < -0.4 is 0 Å². The molecule has 0 aromatic carbocycles. The quantitative estimate of drug-likeness (QED) is 0.363. The highest BCUT2D eigenvalue weighted by Gasteiger charge is 2.09. The van der Waals surface area contributed by atoms with Crippen molar-refractivity contribution >= 4 is 10.1 Å². The Labute approximate surface area is 81.2 Å². The molecule has 0 fully saturated rings. The third-order valence-corrected chi connectivity index (χ3v) is 2.82. The molecule has 0 atom stereocenters. The maximum Gasteiger partial charge on any atom is 0.267 e. The van der Waals surface area contributed by atoms with Crippen molar-refractivity contribution in [1.29, 1.82) is 0 Å². The Morgan fingerprint density at radius 1 is 1.23 bits per heavy atom. The summed E-state index contributed by atoms with van der Waals surface area (Å²) in [4.78, 5) is 0. The van der Waals surface area contributed by atoms with Crippen LogP contribution in [0.3, 0.4) is 0 Å². The Morgan fingerprint density at radius 2 is 1.77 bits per heavy atom. The van der Waals surface area contributed by atoms with Crippen molar-refractivity contribution in [2.45, 2.75) is 13.3 Å². The van der Waals surface area contributed by atoms with E-state index in [1.807, 2.05) is 0 Å². The average molecular weight is 210 g/mol. The first-order valence-corrected chi connectivity index (χ1v) is 6.02. The van der Waals surface area contributed by atoms with Gasteiger partial charge in [0, 0.05) is 6.42 Å². The van der Waals surface area contributed by atoms with Crippen LogP contribution in [0.25, 0.3) is 0 Å². The van der Waals surface area contributed by atoms with Gasteiger partial charge in [-0.15, -0.1) is 0 Å². The lowest BCUT2D eigenvalue weighted by Crippen LogP contribution is -2.35. The van der Waals surface area contributed by atoms with E-state index in [1.165, 1.54) is 0 Å². The van der Waals surface area contributed by atoms with Crippen molar-refractivity contribution in [3.63, 3.8) is 0 Å². The minimum absolute atomic E-state index is 0.0530. The molecule has 0 unspecified atom stereocenters. The summed E-state index contributed by atoms with van der Waals surface area (Å²) in [5.74, 6) is 0.0530. The van der Waals surface area contributed by atoms with E-state index in [4.69, 9.17) is 4.18 Å². The van der Waals surface area contributed by atoms with Gasteiger partial charge in [0.2, 0.25) is 0 Å². The zero-order chi connectivity index (χ0) is 10.5. The monoisotopic (exact) mass is 210 g/mol. The third kappa shape index (κ3) is 8.21. The van der Waals surface area contributed by atoms with E-state index in [-0.39, 0.29) is 5.75 Å². The topological polar surface area (TPSA) is 43.4 Å². The van der Waals surface area contributed by atoms with Crippen molar-refractivity contribution in [2.75, 3.05) is 40.0 Å². The summed E-state index contributed by atoms with van der Waals surface area (Å²) in [6, 6.07) is 0. The molecule has 0 radical (unpaired) electrons. The van der Waals surface area contributed by atoms with Crippen LogP contribution in [0.5, 0.6) is 0 Å². The van der Waals surface area contributed by atoms with Gasteiger partial charge < -0.3 is 4.48 Å². The summed E-state index contributed by atoms with van der Waals surface area (Å²) in [5.41, 5.74) is 0. The minimum atomic E-state index is -3.24. The third-order valence-electron chi connectivity index (χ3n) is 1.59. The van der Waals surface area contributed by atoms with Gasteiger partial charge in [0.25, 0.3) is 10.1 Å². The standard InChI is InChI=1S/C8H20NO3S/c1-5-13(10,11)12-8-6-7-9(2,3)4/h5-8H2,1-4H3/q+1. The molecular formula is C8H20NO3S+. The molecule has 0 heterocycles. The highest BCUT2D eigenvalue weighted by atomic mass is 32.2. The van der Waals surface area contributed by atoms with Gasteiger partial charge in [-0.25, -0.2) is 0 Å². The Kier molecular flexibility index (Phi) is 4.88. The van der Waals surface area contributed by atoms with Gasteiger partial charge in [-0.1, -0.05) is 0 Å². The summed E-state index contributed by atoms with van der Waals surface area (Å²) in [7, 11) is 2.95. The van der Waals surface area contributed by atoms with Crippen LogP contribution in [0.1, 0.15) is 13.3 Å². The van der Waals surface area contributed by atoms with Crippen LogP contribution in [0.4, 0.5) is 0 Å². The van der Waals surface area contributed by atoms with E-state index < -0.39 is 10.1 Å². The maximum atomic E-state index is 10.9. The fourth-order valence-corrected chi connectivity index (χ4v) is 1.35. The predicted molar refractivity (Wildman–Crippen MR) is 52.9 cm³/mol. The second kappa shape index (κ2) is 4.93. The number of hydrogen-bond donors (Lipinski definition) is 0. The fourth-order valence-electron chi connectivity index (χ4n) is 0.808. The molecule has 80 valence electrons. The first-order chi connectivity index (χ1) is 5.77. The van der Waals surface area contributed by atoms with E-state index in [0.29, 0.717) is 6.61 Å². The van der Waals surface area contributed by atoms with Crippen molar-refractivity contribution in [1.82, 2.24) is 0 Å². The van der Waals surface area contributed by atoms with Gasteiger partial charge in [0.15, 0.2) is 0 Å². The van der Waals surface area contributed by atoms with Gasteiger partial charge in [0.1, 0.15) is 0 Å². The van der Waals surface area contributed by atoms with Crippen molar-refractivity contribution < 1.29 is 17.1 Å². The molecule has 5 heteroatoms. The lowest BCUT2D eigenvalue weighted by atomic mass is 10.4. The van der Waals surface area contributed by atoms with Crippen LogP contribution >= 0.6 is 0 Å². The Morgan fingerprint density at radius 3 is 2.15 bits per heavy atom. The maximum absolute atomic E-state index is 10.9. The molecule has 0 amide bonds. The van der Waals surface area contributed by atoms with Crippen LogP contribution in [-0.2, 0) is 14.3 Å². The number of nitrogens with zero attached hydrogens (tertiary/aromatic N) is 1. The Hall–Kier alpha value is -0.130. The van der Waals surface area contributed by atoms with Crippen LogP contribution in [0.15, 0.2) is 0 Å². The van der Waals surface area contributed by atoms with Crippen LogP contribution in [0, 0.1) is 0 Å². The van der Waals surface area contributed by atoms with Crippen molar-refractivity contribution in [3.05, 3.63) is 0 Å². The Balaban J connectivity index is 3.59. The molecule has 0 aliphatic carbocycles. The first kappa shape index (κ1) is 12.9. The largest absolute Gasteiger partial charge is 0.331 e. The summed E-state index contributed by atoms with van der Waals surface area (Å²) in [6.07, 6.45) is 0.767. The summed E-state index contributed by atoms with van der Waals surface area (Å²) in [5, 5.41) is 0. The van der Waals surface area contributed by atoms with Crippen LogP contribution in [0.2, 0.25) is 0 Å². The van der Waals surface area contributed by atoms with Crippen molar-refractivity contribution in [2.24, 2.45) is 0 Å². The number of quaternary nitrogens is 1. The molecular weight excluding hydrogens is 190 g/mol. The molecule has 0 saturated carbocycles. The molecule has 0 saturated heterocycles. The second-order valence-electron chi connectivity index (χ2n) is 4.04. The lowest BCUT2D eigenvalue weighted by molar-refractivity contribution is -0.870. The van der Waals surface area contributed by atoms with E-state index in [0.717, 1.165) is 17.4 Å². The average Bonchev–Trinajstić information content (AvgIpc) is 1.97. The minimum Gasteiger partial charge on any atom is -0.331 e. The van der Waals surface area contributed by atoms with E-state index in [1.54, 1.807) is 6.92 Å². The number of hydrogen-bond acceptors (Lipinski definition) is 3. The zero-order valence-corrected chi connectivity index (χ0v) is 9.73. The van der Waals surface area contributed by atoms with Gasteiger partial charge in [-0.05, 0) is 6.92 Å². The normalized spacial score (nSPS) is 13.2. The number of rotatable bonds is 6. The smallest absolute Gasteiger partial charge is 0.267 e. The predicted octanol–water partition coefficient (Wildman–Crippen LogP) is 0.449. The van der Waals surface area contributed by atoms with E-state index in [2.05, 4.69) is 21.1 Å². The van der Waals surface area contributed by atoms with Crippen molar-refractivity contribution in [3.8, 4) is 0 Å².